The minimum Gasteiger partial charge on any atom is -0.490 e. The average molecular weight is 481 g/mol. The second-order valence-electron chi connectivity index (χ2n) is 13.6. The van der Waals surface area contributed by atoms with Gasteiger partial charge in [0.15, 0.2) is 11.5 Å². The summed E-state index contributed by atoms with van der Waals surface area (Å²) in [6, 6.07) is 0. The highest BCUT2D eigenvalue weighted by atomic mass is 16.7. The van der Waals surface area contributed by atoms with Gasteiger partial charge in [-0.2, -0.15) is 0 Å². The SMILES string of the molecule is CC(C)COC1=C[C@@]2(C)C(=CC1=O)C=C[C@H]1[C@@H]3C[C@@H]4O[C@]5(CC[C@@H](C)CO5)[C@@H](C)[C@@H]4[C@@]3(C)CC[C@@H]12. The lowest BCUT2D eigenvalue weighted by molar-refractivity contribution is -0.272. The van der Waals surface area contributed by atoms with Crippen molar-refractivity contribution in [1.82, 2.24) is 0 Å². The second kappa shape index (κ2) is 8.05. The Balaban J connectivity index is 1.28. The van der Waals surface area contributed by atoms with Crippen LogP contribution in [0.2, 0.25) is 0 Å². The van der Waals surface area contributed by atoms with Gasteiger partial charge >= 0.3 is 0 Å². The molecule has 10 atom stereocenters. The van der Waals surface area contributed by atoms with Crippen LogP contribution in [0.4, 0.5) is 0 Å². The molecule has 4 fully saturated rings. The number of fused-ring (bicyclic) bond motifs is 7. The van der Waals surface area contributed by atoms with Crippen LogP contribution in [0, 0.1) is 52.3 Å². The number of ether oxygens (including phenoxy) is 3. The van der Waals surface area contributed by atoms with E-state index >= 15 is 0 Å². The zero-order chi connectivity index (χ0) is 24.8. The average Bonchev–Trinajstić information content (AvgIpc) is 3.25. The molecule has 0 radical (unpaired) electrons. The number of carbonyl (C=O) groups excluding carboxylic acids is 1. The standard InChI is InChI=1S/C31H44O4/c1-18(2)16-33-27-15-30(6)21(13-25(27)32)7-8-22-23(30)10-11-29(5)24(22)14-26-28(29)20(4)31(35-26)12-9-19(3)17-34-31/h7-8,13,15,18-20,22-24,26,28H,9-12,14,16-17H2,1-6H3/t19-,20+,22-,23+,24+,26+,28+,29+,30+,31-/m1/s1. The molecule has 2 aliphatic heterocycles. The number of rotatable bonds is 3. The molecule has 1 spiro atoms. The first kappa shape index (κ1) is 24.0. The Kier molecular flexibility index (Phi) is 5.52. The van der Waals surface area contributed by atoms with Crippen molar-refractivity contribution < 1.29 is 19.0 Å². The maximum atomic E-state index is 12.8. The fourth-order valence-electron chi connectivity index (χ4n) is 9.11. The molecule has 4 aliphatic carbocycles. The summed E-state index contributed by atoms with van der Waals surface area (Å²) < 4.78 is 19.4. The zero-order valence-corrected chi connectivity index (χ0v) is 22.5. The minimum atomic E-state index is -0.355. The van der Waals surface area contributed by atoms with Crippen LogP contribution in [0.5, 0.6) is 0 Å². The Bertz CT molecular complexity index is 982. The van der Waals surface area contributed by atoms with Crippen molar-refractivity contribution in [3.05, 3.63) is 35.6 Å². The molecule has 35 heavy (non-hydrogen) atoms. The summed E-state index contributed by atoms with van der Waals surface area (Å²) >= 11 is 0. The van der Waals surface area contributed by atoms with Crippen molar-refractivity contribution in [3.8, 4) is 0 Å². The van der Waals surface area contributed by atoms with Gasteiger partial charge in [-0.05, 0) is 84.3 Å². The zero-order valence-electron chi connectivity index (χ0n) is 22.5. The van der Waals surface area contributed by atoms with Crippen molar-refractivity contribution in [2.24, 2.45) is 52.3 Å². The summed E-state index contributed by atoms with van der Waals surface area (Å²) in [4.78, 5) is 12.8. The number of allylic oxidation sites excluding steroid dienone is 5. The van der Waals surface area contributed by atoms with Crippen molar-refractivity contribution in [2.45, 2.75) is 85.5 Å². The number of ketones is 1. The van der Waals surface area contributed by atoms with E-state index in [9.17, 15) is 4.79 Å². The fraction of sp³-hybridized carbons (Fsp3) is 0.774. The Hall–Kier alpha value is -1.39. The molecule has 0 bridgehead atoms. The number of hydrogen-bond donors (Lipinski definition) is 0. The molecular formula is C31H44O4. The van der Waals surface area contributed by atoms with Crippen LogP contribution in [0.15, 0.2) is 35.6 Å². The van der Waals surface area contributed by atoms with E-state index in [1.54, 1.807) is 0 Å². The van der Waals surface area contributed by atoms with Gasteiger partial charge < -0.3 is 14.2 Å². The minimum absolute atomic E-state index is 0.0200. The maximum absolute atomic E-state index is 12.8. The van der Waals surface area contributed by atoms with Crippen LogP contribution < -0.4 is 0 Å². The van der Waals surface area contributed by atoms with E-state index in [1.165, 1.54) is 19.3 Å². The first-order chi connectivity index (χ1) is 16.6. The van der Waals surface area contributed by atoms with Crippen molar-refractivity contribution in [3.63, 3.8) is 0 Å². The molecule has 0 aromatic carbocycles. The Morgan fingerprint density at radius 3 is 2.66 bits per heavy atom. The highest BCUT2D eigenvalue weighted by Crippen LogP contribution is 2.69. The van der Waals surface area contributed by atoms with Crippen LogP contribution in [0.25, 0.3) is 0 Å². The molecule has 6 rings (SSSR count). The van der Waals surface area contributed by atoms with E-state index in [1.807, 2.05) is 6.08 Å². The Morgan fingerprint density at radius 1 is 1.14 bits per heavy atom. The lowest BCUT2D eigenvalue weighted by Crippen LogP contribution is -2.51. The van der Waals surface area contributed by atoms with Crippen LogP contribution in [-0.4, -0.2) is 30.9 Å². The lowest BCUT2D eigenvalue weighted by Gasteiger charge is -2.55. The molecule has 192 valence electrons. The summed E-state index contributed by atoms with van der Waals surface area (Å²) in [6.45, 7) is 15.3. The molecule has 0 amide bonds. The highest BCUT2D eigenvalue weighted by Gasteiger charge is 2.68. The van der Waals surface area contributed by atoms with Gasteiger partial charge in [0, 0.05) is 17.8 Å². The van der Waals surface area contributed by atoms with Crippen molar-refractivity contribution >= 4 is 5.78 Å². The largest absolute Gasteiger partial charge is 0.490 e. The van der Waals surface area contributed by atoms with E-state index in [4.69, 9.17) is 14.2 Å². The Labute approximate surface area is 211 Å². The van der Waals surface area contributed by atoms with E-state index in [0.717, 1.165) is 25.0 Å². The van der Waals surface area contributed by atoms with Crippen LogP contribution in [-0.2, 0) is 19.0 Å². The molecule has 2 heterocycles. The van der Waals surface area contributed by atoms with Gasteiger partial charge in [-0.25, -0.2) is 0 Å². The van der Waals surface area contributed by atoms with Gasteiger partial charge in [-0.15, -0.1) is 0 Å². The molecule has 0 N–H and O–H groups in total. The van der Waals surface area contributed by atoms with Crippen molar-refractivity contribution in [2.75, 3.05) is 13.2 Å². The summed E-state index contributed by atoms with van der Waals surface area (Å²) in [5, 5.41) is 0. The monoisotopic (exact) mass is 480 g/mol. The maximum Gasteiger partial charge on any atom is 0.220 e. The molecule has 4 nitrogen and oxygen atoms in total. The fourth-order valence-corrected chi connectivity index (χ4v) is 9.11. The topological polar surface area (TPSA) is 44.8 Å². The molecule has 2 saturated heterocycles. The molecule has 6 aliphatic rings. The molecular weight excluding hydrogens is 436 g/mol. The third-order valence-corrected chi connectivity index (χ3v) is 11.0. The van der Waals surface area contributed by atoms with Crippen LogP contribution >= 0.6 is 0 Å². The van der Waals surface area contributed by atoms with E-state index in [0.29, 0.717) is 59.9 Å². The summed E-state index contributed by atoms with van der Waals surface area (Å²) in [5.41, 5.74) is 1.29. The van der Waals surface area contributed by atoms with Gasteiger partial charge in [0.25, 0.3) is 0 Å². The van der Waals surface area contributed by atoms with Crippen LogP contribution in [0.1, 0.15) is 73.6 Å². The van der Waals surface area contributed by atoms with Gasteiger partial charge in [0.05, 0.1) is 19.3 Å². The van der Waals surface area contributed by atoms with E-state index < -0.39 is 0 Å². The normalized spacial score (nSPS) is 50.4. The quantitative estimate of drug-likeness (QED) is 0.464. The van der Waals surface area contributed by atoms with E-state index in [2.05, 4.69) is 59.8 Å². The van der Waals surface area contributed by atoms with Crippen LogP contribution in [0.3, 0.4) is 0 Å². The first-order valence-electron chi connectivity index (χ1n) is 14.2. The van der Waals surface area contributed by atoms with Crippen molar-refractivity contribution in [1.29, 1.82) is 0 Å². The molecule has 4 heteroatoms. The smallest absolute Gasteiger partial charge is 0.220 e. The first-order valence-corrected chi connectivity index (χ1v) is 14.2. The lowest BCUT2D eigenvalue weighted by atomic mass is 9.49. The summed E-state index contributed by atoms with van der Waals surface area (Å²) in [6.07, 6.45) is 14.8. The molecule has 2 saturated carbocycles. The number of hydrogen-bond acceptors (Lipinski definition) is 4. The molecule has 0 aromatic rings. The molecule has 0 unspecified atom stereocenters. The third kappa shape index (κ3) is 3.41. The highest BCUT2D eigenvalue weighted by molar-refractivity contribution is 6.04. The predicted octanol–water partition coefficient (Wildman–Crippen LogP) is 6.47. The van der Waals surface area contributed by atoms with Gasteiger partial charge in [-0.1, -0.05) is 53.7 Å². The summed E-state index contributed by atoms with van der Waals surface area (Å²) in [7, 11) is 0. The van der Waals surface area contributed by atoms with Gasteiger partial charge in [-0.3, -0.25) is 4.79 Å². The van der Waals surface area contributed by atoms with Gasteiger partial charge in [0.2, 0.25) is 5.78 Å². The van der Waals surface area contributed by atoms with E-state index in [-0.39, 0.29) is 22.4 Å². The molecule has 0 aromatic heterocycles. The Morgan fingerprint density at radius 2 is 1.94 bits per heavy atom. The third-order valence-electron chi connectivity index (χ3n) is 11.0. The predicted molar refractivity (Wildman–Crippen MR) is 136 cm³/mol. The summed E-state index contributed by atoms with van der Waals surface area (Å²) in [5.74, 6) is 3.87. The second-order valence-corrected chi connectivity index (χ2v) is 13.6. The number of carbonyl (C=O) groups is 1. The van der Waals surface area contributed by atoms with Gasteiger partial charge in [0.1, 0.15) is 0 Å².